The summed E-state index contributed by atoms with van der Waals surface area (Å²) in [4.78, 5) is 16.9. The molecule has 0 radical (unpaired) electrons. The highest BCUT2D eigenvalue weighted by Gasteiger charge is 2.26. The molecule has 0 bridgehead atoms. The molecule has 0 aliphatic rings. The van der Waals surface area contributed by atoms with Crippen molar-refractivity contribution in [3.05, 3.63) is 40.9 Å². The summed E-state index contributed by atoms with van der Waals surface area (Å²) in [5, 5.41) is 6.00. The number of aromatic nitrogens is 1. The number of rotatable bonds is 7. The molecule has 0 aliphatic heterocycles. The third kappa shape index (κ3) is 4.39. The summed E-state index contributed by atoms with van der Waals surface area (Å²) in [6, 6.07) is 8.24. The number of nitrogens with two attached hydrogens (primary N) is 1. The average Bonchev–Trinajstić information content (AvgIpc) is 3.01. The van der Waals surface area contributed by atoms with Crippen LogP contribution in [0.1, 0.15) is 37.9 Å². The first kappa shape index (κ1) is 17.6. The second-order valence-electron chi connectivity index (χ2n) is 5.93. The van der Waals surface area contributed by atoms with Crippen LogP contribution in [0.2, 0.25) is 0 Å². The van der Waals surface area contributed by atoms with E-state index in [1.807, 2.05) is 17.5 Å². The Hall–Kier alpha value is -1.72. The minimum absolute atomic E-state index is 0.0137. The van der Waals surface area contributed by atoms with E-state index in [-0.39, 0.29) is 11.4 Å². The zero-order valence-corrected chi connectivity index (χ0v) is 14.9. The van der Waals surface area contributed by atoms with Gasteiger partial charge in [0.2, 0.25) is 5.91 Å². The number of hydrogen-bond acceptors (Lipinski definition) is 4. The molecule has 1 amide bonds. The first-order valence-corrected chi connectivity index (χ1v) is 8.92. The molecule has 0 fully saturated rings. The van der Waals surface area contributed by atoms with Crippen LogP contribution in [0.5, 0.6) is 0 Å². The molecule has 2 aromatic rings. The zero-order chi connectivity index (χ0) is 16.9. The van der Waals surface area contributed by atoms with Gasteiger partial charge in [0.15, 0.2) is 0 Å². The topological polar surface area (TPSA) is 68.0 Å². The normalized spacial score (nSPS) is 11.5. The van der Waals surface area contributed by atoms with Gasteiger partial charge in [0.05, 0.1) is 17.7 Å². The predicted octanol–water partition coefficient (Wildman–Crippen LogP) is 3.29. The minimum atomic E-state index is -0.299. The van der Waals surface area contributed by atoms with Crippen molar-refractivity contribution in [1.29, 1.82) is 0 Å². The van der Waals surface area contributed by atoms with E-state index in [0.29, 0.717) is 13.0 Å². The lowest BCUT2D eigenvalue weighted by molar-refractivity contribution is -0.122. The summed E-state index contributed by atoms with van der Waals surface area (Å²) in [5.41, 5.74) is 8.65. The highest BCUT2D eigenvalue weighted by molar-refractivity contribution is 7.13. The molecule has 0 spiro atoms. The van der Waals surface area contributed by atoms with Crippen LogP contribution in [0, 0.1) is 6.92 Å². The van der Waals surface area contributed by atoms with Gasteiger partial charge in [0, 0.05) is 17.5 Å². The van der Waals surface area contributed by atoms with E-state index in [9.17, 15) is 4.79 Å². The molecule has 23 heavy (non-hydrogen) atoms. The Morgan fingerprint density at radius 2 is 2.09 bits per heavy atom. The van der Waals surface area contributed by atoms with Gasteiger partial charge in [-0.3, -0.25) is 4.79 Å². The van der Waals surface area contributed by atoms with Crippen molar-refractivity contribution in [2.45, 2.75) is 45.6 Å². The van der Waals surface area contributed by atoms with Gasteiger partial charge in [-0.15, -0.1) is 11.3 Å². The van der Waals surface area contributed by atoms with Crippen molar-refractivity contribution in [3.63, 3.8) is 0 Å². The largest absolute Gasteiger partial charge is 0.349 e. The van der Waals surface area contributed by atoms with E-state index < -0.39 is 0 Å². The van der Waals surface area contributed by atoms with Crippen molar-refractivity contribution < 1.29 is 4.79 Å². The van der Waals surface area contributed by atoms with Crippen LogP contribution in [-0.4, -0.2) is 23.0 Å². The Balaban J connectivity index is 2.06. The van der Waals surface area contributed by atoms with Gasteiger partial charge in [-0.25, -0.2) is 4.98 Å². The number of carbonyl (C=O) groups is 1. The third-order valence-corrected chi connectivity index (χ3v) is 5.25. The summed E-state index contributed by atoms with van der Waals surface area (Å²) < 4.78 is 0. The summed E-state index contributed by atoms with van der Waals surface area (Å²) in [6.45, 7) is 6.62. The van der Waals surface area contributed by atoms with Crippen molar-refractivity contribution in [1.82, 2.24) is 10.3 Å². The zero-order valence-electron chi connectivity index (χ0n) is 14.1. The molecule has 0 saturated heterocycles. The fourth-order valence-electron chi connectivity index (χ4n) is 2.57. The highest BCUT2D eigenvalue weighted by Crippen LogP contribution is 2.24. The van der Waals surface area contributed by atoms with Crippen LogP contribution in [0.15, 0.2) is 29.6 Å². The Morgan fingerprint density at radius 3 is 2.70 bits per heavy atom. The number of nitrogens with zero attached hydrogens (tertiary/aromatic N) is 1. The fraction of sp³-hybridized carbons (Fsp3) is 0.444. The molecule has 3 N–H and O–H groups in total. The standard InChI is InChI=1S/C18H25N3OS/c1-4-18(5-2,12-19)21-16(22)10-15-11-23-17(20-15)14-8-6-7-13(3)9-14/h6-9,11H,4-5,10,12,19H2,1-3H3,(H,21,22). The van der Waals surface area contributed by atoms with Gasteiger partial charge in [-0.1, -0.05) is 37.6 Å². The average molecular weight is 331 g/mol. The van der Waals surface area contributed by atoms with Gasteiger partial charge in [-0.2, -0.15) is 0 Å². The van der Waals surface area contributed by atoms with Crippen LogP contribution in [0.3, 0.4) is 0 Å². The Morgan fingerprint density at radius 1 is 1.35 bits per heavy atom. The van der Waals surface area contributed by atoms with E-state index in [4.69, 9.17) is 5.73 Å². The van der Waals surface area contributed by atoms with Crippen molar-refractivity contribution >= 4 is 17.2 Å². The van der Waals surface area contributed by atoms with Gasteiger partial charge >= 0.3 is 0 Å². The second kappa shape index (κ2) is 7.70. The number of aryl methyl sites for hydroxylation is 1. The lowest BCUT2D eigenvalue weighted by Crippen LogP contribution is -2.53. The van der Waals surface area contributed by atoms with E-state index >= 15 is 0 Å². The van der Waals surface area contributed by atoms with Crippen LogP contribution >= 0.6 is 11.3 Å². The molecule has 0 unspecified atom stereocenters. The smallest absolute Gasteiger partial charge is 0.226 e. The number of nitrogens with one attached hydrogen (secondary N) is 1. The maximum atomic E-state index is 12.3. The Kier molecular flexibility index (Phi) is 5.91. The first-order valence-electron chi connectivity index (χ1n) is 8.04. The number of hydrogen-bond donors (Lipinski definition) is 2. The van der Waals surface area contributed by atoms with E-state index in [1.54, 1.807) is 11.3 Å². The second-order valence-corrected chi connectivity index (χ2v) is 6.79. The highest BCUT2D eigenvalue weighted by atomic mass is 32.1. The van der Waals surface area contributed by atoms with Gasteiger partial charge in [0.1, 0.15) is 5.01 Å². The maximum Gasteiger partial charge on any atom is 0.226 e. The Bertz CT molecular complexity index is 654. The van der Waals surface area contributed by atoms with Crippen molar-refractivity contribution in [3.8, 4) is 10.6 Å². The molecule has 5 heteroatoms. The van der Waals surface area contributed by atoms with Crippen LogP contribution in [0.25, 0.3) is 10.6 Å². The molecule has 2 rings (SSSR count). The van der Waals surface area contributed by atoms with Crippen LogP contribution < -0.4 is 11.1 Å². The third-order valence-electron chi connectivity index (χ3n) is 4.31. The minimum Gasteiger partial charge on any atom is -0.349 e. The molecule has 1 heterocycles. The van der Waals surface area contributed by atoms with Gasteiger partial charge in [0.25, 0.3) is 0 Å². The molecule has 0 aliphatic carbocycles. The van der Waals surface area contributed by atoms with E-state index in [2.05, 4.69) is 43.2 Å². The lowest BCUT2D eigenvalue weighted by Gasteiger charge is -2.31. The molecule has 124 valence electrons. The monoisotopic (exact) mass is 331 g/mol. The van der Waals surface area contributed by atoms with Crippen molar-refractivity contribution in [2.75, 3.05) is 6.54 Å². The molecule has 0 saturated carbocycles. The van der Waals surface area contributed by atoms with E-state index in [0.717, 1.165) is 29.1 Å². The van der Waals surface area contributed by atoms with E-state index in [1.165, 1.54) is 5.56 Å². The van der Waals surface area contributed by atoms with Gasteiger partial charge < -0.3 is 11.1 Å². The number of carbonyl (C=O) groups excluding carboxylic acids is 1. The molecular weight excluding hydrogens is 306 g/mol. The fourth-order valence-corrected chi connectivity index (χ4v) is 3.39. The first-order chi connectivity index (χ1) is 11.0. The Labute approximate surface area is 142 Å². The summed E-state index contributed by atoms with van der Waals surface area (Å²) in [7, 11) is 0. The molecular formula is C18H25N3OS. The quantitative estimate of drug-likeness (QED) is 0.818. The van der Waals surface area contributed by atoms with Gasteiger partial charge in [-0.05, 0) is 25.8 Å². The van der Waals surface area contributed by atoms with Crippen molar-refractivity contribution in [2.24, 2.45) is 5.73 Å². The molecule has 0 atom stereocenters. The number of thiazole rings is 1. The van der Waals surface area contributed by atoms with Crippen LogP contribution in [-0.2, 0) is 11.2 Å². The summed E-state index contributed by atoms with van der Waals surface area (Å²) >= 11 is 1.57. The molecule has 1 aromatic heterocycles. The predicted molar refractivity (Wildman–Crippen MR) is 96.5 cm³/mol. The number of benzene rings is 1. The summed E-state index contributed by atoms with van der Waals surface area (Å²) in [5.74, 6) is -0.0137. The SMILES string of the molecule is CCC(CC)(CN)NC(=O)Cc1csc(-c2cccc(C)c2)n1. The molecule has 4 nitrogen and oxygen atoms in total. The van der Waals surface area contributed by atoms with Crippen LogP contribution in [0.4, 0.5) is 0 Å². The maximum absolute atomic E-state index is 12.3. The lowest BCUT2D eigenvalue weighted by atomic mass is 9.92. The molecule has 1 aromatic carbocycles. The number of amides is 1. The summed E-state index contributed by atoms with van der Waals surface area (Å²) in [6.07, 6.45) is 1.96.